The van der Waals surface area contributed by atoms with Gasteiger partial charge >= 0.3 is 0 Å². The highest BCUT2D eigenvalue weighted by Gasteiger charge is 2.32. The van der Waals surface area contributed by atoms with E-state index in [0.29, 0.717) is 5.41 Å². The van der Waals surface area contributed by atoms with Gasteiger partial charge in [0.05, 0.1) is 5.56 Å². The minimum absolute atomic E-state index is 0.0219. The first-order chi connectivity index (χ1) is 8.00. The SMILES string of the molecule is Cc1ccc(Br)c(C(=O)NCC2(C)CCC2)c1. The number of aryl methyl sites for hydroxylation is 1. The number of benzene rings is 1. The zero-order chi connectivity index (χ0) is 12.5. The first kappa shape index (κ1) is 12.6. The molecule has 0 spiro atoms. The van der Waals surface area contributed by atoms with Crippen molar-refractivity contribution in [2.24, 2.45) is 5.41 Å². The van der Waals surface area contributed by atoms with E-state index < -0.39 is 0 Å². The lowest BCUT2D eigenvalue weighted by Crippen LogP contribution is -2.40. The van der Waals surface area contributed by atoms with Crippen LogP contribution >= 0.6 is 15.9 Å². The second-order valence-electron chi connectivity index (χ2n) is 5.33. The molecule has 0 radical (unpaired) electrons. The molecule has 0 heterocycles. The molecular formula is C14H18BrNO. The zero-order valence-corrected chi connectivity index (χ0v) is 11.9. The Bertz CT molecular complexity index is 438. The van der Waals surface area contributed by atoms with Crippen LogP contribution in [0, 0.1) is 12.3 Å². The molecule has 1 aliphatic carbocycles. The quantitative estimate of drug-likeness (QED) is 0.906. The van der Waals surface area contributed by atoms with Crippen molar-refractivity contribution < 1.29 is 4.79 Å². The number of halogens is 1. The van der Waals surface area contributed by atoms with Crippen molar-refractivity contribution in [2.45, 2.75) is 33.1 Å². The minimum atomic E-state index is 0.0219. The Morgan fingerprint density at radius 2 is 2.18 bits per heavy atom. The van der Waals surface area contributed by atoms with Crippen molar-refractivity contribution >= 4 is 21.8 Å². The van der Waals surface area contributed by atoms with Gasteiger partial charge in [0.1, 0.15) is 0 Å². The fourth-order valence-electron chi connectivity index (χ4n) is 2.16. The molecule has 17 heavy (non-hydrogen) atoms. The molecule has 0 aromatic heterocycles. The molecule has 1 saturated carbocycles. The maximum Gasteiger partial charge on any atom is 0.252 e. The second-order valence-corrected chi connectivity index (χ2v) is 6.18. The number of nitrogens with one attached hydrogen (secondary N) is 1. The van der Waals surface area contributed by atoms with Gasteiger partial charge in [-0.15, -0.1) is 0 Å². The molecule has 2 nitrogen and oxygen atoms in total. The van der Waals surface area contributed by atoms with E-state index in [-0.39, 0.29) is 5.91 Å². The number of carbonyl (C=O) groups excluding carboxylic acids is 1. The van der Waals surface area contributed by atoms with Gasteiger partial charge in [0.2, 0.25) is 0 Å². The predicted molar refractivity (Wildman–Crippen MR) is 73.2 cm³/mol. The average molecular weight is 296 g/mol. The van der Waals surface area contributed by atoms with Crippen molar-refractivity contribution in [1.82, 2.24) is 5.32 Å². The molecule has 92 valence electrons. The molecule has 0 aliphatic heterocycles. The standard InChI is InChI=1S/C14H18BrNO/c1-10-4-5-12(15)11(8-10)13(17)16-9-14(2)6-3-7-14/h4-5,8H,3,6-7,9H2,1-2H3,(H,16,17). The summed E-state index contributed by atoms with van der Waals surface area (Å²) in [5.74, 6) is 0.0219. The van der Waals surface area contributed by atoms with Crippen LogP contribution in [0.3, 0.4) is 0 Å². The van der Waals surface area contributed by atoms with Gasteiger partial charge in [-0.3, -0.25) is 4.79 Å². The molecule has 3 heteroatoms. The van der Waals surface area contributed by atoms with Crippen molar-refractivity contribution in [3.8, 4) is 0 Å². The van der Waals surface area contributed by atoms with Crippen molar-refractivity contribution in [3.05, 3.63) is 33.8 Å². The van der Waals surface area contributed by atoms with Gasteiger partial charge in [-0.05, 0) is 53.2 Å². The van der Waals surface area contributed by atoms with Gasteiger partial charge in [-0.1, -0.05) is 25.0 Å². The fourth-order valence-corrected chi connectivity index (χ4v) is 2.59. The second kappa shape index (κ2) is 4.81. The first-order valence-electron chi connectivity index (χ1n) is 6.05. The number of hydrogen-bond acceptors (Lipinski definition) is 1. The Balaban J connectivity index is 2.01. The molecular weight excluding hydrogens is 278 g/mol. The monoisotopic (exact) mass is 295 g/mol. The van der Waals surface area contributed by atoms with Crippen molar-refractivity contribution in [2.75, 3.05) is 6.54 Å². The highest BCUT2D eigenvalue weighted by Crippen LogP contribution is 2.39. The van der Waals surface area contributed by atoms with Crippen LogP contribution in [0.5, 0.6) is 0 Å². The van der Waals surface area contributed by atoms with Gasteiger partial charge in [0.25, 0.3) is 5.91 Å². The molecule has 1 N–H and O–H groups in total. The molecule has 0 atom stereocenters. The molecule has 1 aromatic rings. The normalized spacial score (nSPS) is 17.4. The van der Waals surface area contributed by atoms with Crippen LogP contribution in [0.15, 0.2) is 22.7 Å². The van der Waals surface area contributed by atoms with Crippen LogP contribution in [-0.4, -0.2) is 12.5 Å². The molecule has 2 rings (SSSR count). The minimum Gasteiger partial charge on any atom is -0.351 e. The highest BCUT2D eigenvalue weighted by atomic mass is 79.9. The third-order valence-electron chi connectivity index (χ3n) is 3.60. The third kappa shape index (κ3) is 2.89. The van der Waals surface area contributed by atoms with E-state index in [4.69, 9.17) is 0 Å². The molecule has 1 aliphatic rings. The van der Waals surface area contributed by atoms with Crippen molar-refractivity contribution in [3.63, 3.8) is 0 Å². The fraction of sp³-hybridized carbons (Fsp3) is 0.500. The summed E-state index contributed by atoms with van der Waals surface area (Å²) in [5.41, 5.74) is 2.16. The van der Waals surface area contributed by atoms with E-state index in [0.717, 1.165) is 22.1 Å². The first-order valence-corrected chi connectivity index (χ1v) is 6.84. The van der Waals surface area contributed by atoms with Gasteiger partial charge in [-0.25, -0.2) is 0 Å². The average Bonchev–Trinajstić information content (AvgIpc) is 2.26. The van der Waals surface area contributed by atoms with Gasteiger partial charge in [0, 0.05) is 11.0 Å². The molecule has 0 bridgehead atoms. The van der Waals surface area contributed by atoms with Crippen LogP contribution in [0.25, 0.3) is 0 Å². The molecule has 1 fully saturated rings. The Labute approximate surface area is 111 Å². The molecule has 0 unspecified atom stereocenters. The summed E-state index contributed by atoms with van der Waals surface area (Å²) in [7, 11) is 0. The summed E-state index contributed by atoms with van der Waals surface area (Å²) in [5, 5.41) is 3.04. The number of hydrogen-bond donors (Lipinski definition) is 1. The Kier molecular flexibility index (Phi) is 3.57. The highest BCUT2D eigenvalue weighted by molar-refractivity contribution is 9.10. The summed E-state index contributed by atoms with van der Waals surface area (Å²) in [6, 6.07) is 5.84. The van der Waals surface area contributed by atoms with Crippen molar-refractivity contribution in [1.29, 1.82) is 0 Å². The number of rotatable bonds is 3. The van der Waals surface area contributed by atoms with Gasteiger partial charge < -0.3 is 5.32 Å². The predicted octanol–water partition coefficient (Wildman–Crippen LogP) is 3.68. The van der Waals surface area contributed by atoms with E-state index in [9.17, 15) is 4.79 Å². The lowest BCUT2D eigenvalue weighted by Gasteiger charge is -2.38. The van der Waals surface area contributed by atoms with Gasteiger partial charge in [-0.2, -0.15) is 0 Å². The largest absolute Gasteiger partial charge is 0.351 e. The van der Waals surface area contributed by atoms with E-state index in [1.54, 1.807) is 0 Å². The van der Waals surface area contributed by atoms with E-state index in [2.05, 4.69) is 28.2 Å². The Hall–Kier alpha value is -0.830. The third-order valence-corrected chi connectivity index (χ3v) is 4.29. The van der Waals surface area contributed by atoms with Gasteiger partial charge in [0.15, 0.2) is 0 Å². The molecule has 1 aromatic carbocycles. The van der Waals surface area contributed by atoms with Crippen LogP contribution in [0.2, 0.25) is 0 Å². The smallest absolute Gasteiger partial charge is 0.252 e. The Morgan fingerprint density at radius 3 is 2.76 bits per heavy atom. The summed E-state index contributed by atoms with van der Waals surface area (Å²) in [6.45, 7) is 5.02. The summed E-state index contributed by atoms with van der Waals surface area (Å²) in [4.78, 5) is 12.1. The van der Waals surface area contributed by atoms with Crippen LogP contribution in [0.1, 0.15) is 42.1 Å². The van der Waals surface area contributed by atoms with Crippen LogP contribution in [-0.2, 0) is 0 Å². The number of carbonyl (C=O) groups is 1. The summed E-state index contributed by atoms with van der Waals surface area (Å²) >= 11 is 3.42. The summed E-state index contributed by atoms with van der Waals surface area (Å²) in [6.07, 6.45) is 3.74. The van der Waals surface area contributed by atoms with E-state index in [1.807, 2.05) is 25.1 Å². The maximum absolute atomic E-state index is 12.1. The van der Waals surface area contributed by atoms with E-state index in [1.165, 1.54) is 19.3 Å². The summed E-state index contributed by atoms with van der Waals surface area (Å²) < 4.78 is 0.861. The maximum atomic E-state index is 12.1. The molecule has 1 amide bonds. The topological polar surface area (TPSA) is 29.1 Å². The zero-order valence-electron chi connectivity index (χ0n) is 10.3. The lowest BCUT2D eigenvalue weighted by molar-refractivity contribution is 0.0890. The van der Waals surface area contributed by atoms with E-state index >= 15 is 0 Å². The molecule has 0 saturated heterocycles. The number of amides is 1. The lowest BCUT2D eigenvalue weighted by atomic mass is 9.70. The Morgan fingerprint density at radius 1 is 1.47 bits per heavy atom. The van der Waals surface area contributed by atoms with Crippen LogP contribution < -0.4 is 5.32 Å². The van der Waals surface area contributed by atoms with Crippen LogP contribution in [0.4, 0.5) is 0 Å².